The van der Waals surface area contributed by atoms with E-state index in [1.807, 2.05) is 33.8 Å². The number of carbonyl (C=O) groups excluding carboxylic acids is 1. The van der Waals surface area contributed by atoms with Gasteiger partial charge in [-0.2, -0.15) is 0 Å². The van der Waals surface area contributed by atoms with Crippen molar-refractivity contribution in [3.63, 3.8) is 0 Å². The van der Waals surface area contributed by atoms with Gasteiger partial charge in [0.2, 0.25) is 5.91 Å². The quantitative estimate of drug-likeness (QED) is 0.818. The maximum Gasteiger partial charge on any atom is 0.492 e. The topological polar surface area (TPSA) is 67.8 Å². The Hall–Kier alpha value is -1.50. The number of carbonyl (C=O) groups is 1. The highest BCUT2D eigenvalue weighted by Gasteiger charge is 2.52. The van der Waals surface area contributed by atoms with Crippen LogP contribution in [-0.2, 0) is 14.1 Å². The van der Waals surface area contributed by atoms with Gasteiger partial charge in [0, 0.05) is 13.5 Å². The maximum atomic E-state index is 11.3. The SMILES string of the molecule is CC(=O)NCC(=Cc1ccc(O)c(Cl)c1)B1OC(C)(C)C(C)(C)O1. The summed E-state index contributed by atoms with van der Waals surface area (Å²) < 4.78 is 12.1. The number of hydrogen-bond acceptors (Lipinski definition) is 4. The summed E-state index contributed by atoms with van der Waals surface area (Å²) in [6, 6.07) is 4.91. The number of phenols is 1. The molecule has 0 atom stereocenters. The fourth-order valence-electron chi connectivity index (χ4n) is 2.25. The second-order valence-corrected chi connectivity index (χ2v) is 7.34. The Balaban J connectivity index is 2.33. The van der Waals surface area contributed by atoms with Crippen LogP contribution in [0.25, 0.3) is 6.08 Å². The lowest BCUT2D eigenvalue weighted by Crippen LogP contribution is -2.41. The average Bonchev–Trinajstić information content (AvgIpc) is 2.67. The number of aromatic hydroxyl groups is 1. The molecule has 0 spiro atoms. The Morgan fingerprint density at radius 2 is 1.88 bits per heavy atom. The van der Waals surface area contributed by atoms with E-state index in [0.29, 0.717) is 6.54 Å². The van der Waals surface area contributed by atoms with E-state index in [-0.39, 0.29) is 16.7 Å². The number of halogens is 1. The summed E-state index contributed by atoms with van der Waals surface area (Å²) in [4.78, 5) is 11.3. The molecule has 0 aromatic heterocycles. The zero-order chi connectivity index (χ0) is 18.1. The lowest BCUT2D eigenvalue weighted by Gasteiger charge is -2.32. The predicted molar refractivity (Wildman–Crippen MR) is 95.9 cm³/mol. The molecule has 2 rings (SSSR count). The van der Waals surface area contributed by atoms with Crippen LogP contribution in [0.4, 0.5) is 0 Å². The van der Waals surface area contributed by atoms with Crippen LogP contribution in [0.15, 0.2) is 23.7 Å². The van der Waals surface area contributed by atoms with Crippen LogP contribution in [0.1, 0.15) is 40.2 Å². The van der Waals surface area contributed by atoms with Gasteiger partial charge in [-0.15, -0.1) is 0 Å². The molecule has 0 unspecified atom stereocenters. The fourth-order valence-corrected chi connectivity index (χ4v) is 2.44. The van der Waals surface area contributed by atoms with Crippen LogP contribution >= 0.6 is 11.6 Å². The largest absolute Gasteiger partial charge is 0.506 e. The van der Waals surface area contributed by atoms with E-state index in [1.54, 1.807) is 12.1 Å². The molecule has 24 heavy (non-hydrogen) atoms. The summed E-state index contributed by atoms with van der Waals surface area (Å²) >= 11 is 5.96. The highest BCUT2D eigenvalue weighted by molar-refractivity contribution is 6.56. The smallest absolute Gasteiger partial charge is 0.492 e. The van der Waals surface area contributed by atoms with E-state index in [0.717, 1.165) is 11.0 Å². The zero-order valence-corrected chi connectivity index (χ0v) is 15.4. The maximum absolute atomic E-state index is 11.3. The highest BCUT2D eigenvalue weighted by Crippen LogP contribution is 2.39. The molecule has 0 aliphatic carbocycles. The van der Waals surface area contributed by atoms with E-state index in [4.69, 9.17) is 20.9 Å². The first kappa shape index (κ1) is 18.8. The Labute approximate surface area is 148 Å². The van der Waals surface area contributed by atoms with Crippen LogP contribution < -0.4 is 5.32 Å². The van der Waals surface area contributed by atoms with Crippen LogP contribution in [0, 0.1) is 0 Å². The van der Waals surface area contributed by atoms with Gasteiger partial charge in [0.05, 0.1) is 16.2 Å². The number of nitrogens with one attached hydrogen (secondary N) is 1. The summed E-state index contributed by atoms with van der Waals surface area (Å²) in [5.74, 6) is -0.117. The van der Waals surface area contributed by atoms with Crippen molar-refractivity contribution >= 4 is 30.7 Å². The molecule has 1 aliphatic heterocycles. The van der Waals surface area contributed by atoms with Crippen molar-refractivity contribution in [1.82, 2.24) is 5.32 Å². The molecule has 5 nitrogen and oxygen atoms in total. The van der Waals surface area contributed by atoms with Crippen LogP contribution in [0.2, 0.25) is 5.02 Å². The normalized spacial score (nSPS) is 19.4. The summed E-state index contributed by atoms with van der Waals surface area (Å²) in [5.41, 5.74) is 0.609. The first-order valence-electron chi connectivity index (χ1n) is 7.81. The average molecular weight is 352 g/mol. The summed E-state index contributed by atoms with van der Waals surface area (Å²) in [6.45, 7) is 9.64. The summed E-state index contributed by atoms with van der Waals surface area (Å²) in [5, 5.41) is 12.6. The van der Waals surface area contributed by atoms with Gasteiger partial charge in [0.15, 0.2) is 0 Å². The van der Waals surface area contributed by atoms with Gasteiger partial charge in [0.25, 0.3) is 0 Å². The number of benzene rings is 1. The second-order valence-electron chi connectivity index (χ2n) is 6.93. The van der Waals surface area contributed by atoms with Crippen molar-refractivity contribution in [3.05, 3.63) is 34.3 Å². The molecule has 1 aromatic carbocycles. The van der Waals surface area contributed by atoms with Gasteiger partial charge in [0.1, 0.15) is 5.75 Å². The van der Waals surface area contributed by atoms with Crippen molar-refractivity contribution in [2.45, 2.75) is 45.8 Å². The Kier molecular flexibility index (Phi) is 5.33. The molecule has 1 heterocycles. The minimum absolute atomic E-state index is 0.0212. The molecule has 130 valence electrons. The fraction of sp³-hybridized carbons (Fsp3) is 0.471. The molecular weight excluding hydrogens is 328 g/mol. The van der Waals surface area contributed by atoms with Crippen molar-refractivity contribution in [2.75, 3.05) is 6.54 Å². The number of phenolic OH excluding ortho intramolecular Hbond substituents is 1. The number of amides is 1. The van der Waals surface area contributed by atoms with Crippen molar-refractivity contribution in [3.8, 4) is 5.75 Å². The monoisotopic (exact) mass is 351 g/mol. The van der Waals surface area contributed by atoms with Gasteiger partial charge in [-0.1, -0.05) is 23.7 Å². The molecule has 2 N–H and O–H groups in total. The molecule has 1 fully saturated rings. The third-order valence-corrected chi connectivity index (χ3v) is 4.72. The van der Waals surface area contributed by atoms with Gasteiger partial charge in [-0.3, -0.25) is 4.79 Å². The third-order valence-electron chi connectivity index (χ3n) is 4.42. The van der Waals surface area contributed by atoms with Crippen LogP contribution in [0.5, 0.6) is 5.75 Å². The highest BCUT2D eigenvalue weighted by atomic mass is 35.5. The van der Waals surface area contributed by atoms with Gasteiger partial charge >= 0.3 is 7.12 Å². The molecule has 0 bridgehead atoms. The van der Waals surface area contributed by atoms with Crippen molar-refractivity contribution < 1.29 is 19.2 Å². The van der Waals surface area contributed by atoms with Gasteiger partial charge in [-0.25, -0.2) is 0 Å². The van der Waals surface area contributed by atoms with Crippen molar-refractivity contribution in [2.24, 2.45) is 0 Å². The molecule has 1 saturated heterocycles. The first-order valence-corrected chi connectivity index (χ1v) is 8.19. The lowest BCUT2D eigenvalue weighted by molar-refractivity contribution is -0.118. The van der Waals surface area contributed by atoms with E-state index in [2.05, 4.69) is 5.32 Å². The third kappa shape index (κ3) is 4.12. The predicted octanol–water partition coefficient (Wildman–Crippen LogP) is 3.20. The minimum atomic E-state index is -0.575. The Morgan fingerprint density at radius 3 is 2.38 bits per heavy atom. The lowest BCUT2D eigenvalue weighted by atomic mass is 9.77. The molecule has 1 aromatic rings. The number of rotatable bonds is 4. The summed E-state index contributed by atoms with van der Waals surface area (Å²) in [6.07, 6.45) is 1.85. The molecular formula is C17H23BClNO4. The molecule has 0 saturated carbocycles. The first-order chi connectivity index (χ1) is 11.0. The zero-order valence-electron chi connectivity index (χ0n) is 14.6. The van der Waals surface area contributed by atoms with E-state index in [9.17, 15) is 9.90 Å². The second kappa shape index (κ2) is 6.79. The van der Waals surface area contributed by atoms with Crippen LogP contribution in [-0.4, -0.2) is 35.9 Å². The van der Waals surface area contributed by atoms with E-state index >= 15 is 0 Å². The van der Waals surface area contributed by atoms with Gasteiger partial charge < -0.3 is 19.7 Å². The van der Waals surface area contributed by atoms with Gasteiger partial charge in [-0.05, 0) is 50.9 Å². The van der Waals surface area contributed by atoms with E-state index < -0.39 is 18.3 Å². The molecule has 1 aliphatic rings. The molecule has 0 radical (unpaired) electrons. The Bertz CT molecular complexity index is 657. The minimum Gasteiger partial charge on any atom is -0.506 e. The van der Waals surface area contributed by atoms with E-state index in [1.165, 1.54) is 13.0 Å². The Morgan fingerprint density at radius 1 is 1.29 bits per heavy atom. The van der Waals surface area contributed by atoms with Crippen LogP contribution in [0.3, 0.4) is 0 Å². The number of hydrogen-bond donors (Lipinski definition) is 2. The van der Waals surface area contributed by atoms with Crippen molar-refractivity contribution in [1.29, 1.82) is 0 Å². The molecule has 7 heteroatoms. The molecule has 1 amide bonds. The standard InChI is InChI=1S/C17H23BClNO4/c1-11(21)20-10-13(8-12-6-7-15(22)14(19)9-12)18-23-16(2,3)17(4,5)24-18/h6-9,22H,10H2,1-5H3,(H,20,21). The summed E-state index contributed by atoms with van der Waals surface area (Å²) in [7, 11) is -0.575.